The molecule has 17 nitrogen and oxygen atoms in total. The third kappa shape index (κ3) is 12.7. The lowest BCUT2D eigenvalue weighted by Gasteiger charge is -2.16. The number of ether oxygens (including phenoxy) is 3. The maximum atomic E-state index is 13.5. The lowest BCUT2D eigenvalue weighted by molar-refractivity contribution is -0.121. The average Bonchev–Trinajstić information content (AvgIpc) is 4.15. The highest BCUT2D eigenvalue weighted by Crippen LogP contribution is 2.33. The van der Waals surface area contributed by atoms with Crippen LogP contribution < -0.4 is 31.7 Å². The van der Waals surface area contributed by atoms with Crippen LogP contribution in [0.5, 0.6) is 0 Å². The number of thioether (sulfide) groups is 1. The van der Waals surface area contributed by atoms with E-state index in [1.165, 1.54) is 27.7 Å². The smallest absolute Gasteiger partial charge is 0.315 e. The number of unbranched alkanes of at least 4 members (excludes halogenated alkanes) is 1. The molecule has 4 aromatic rings. The number of hydrogen-bond donors (Lipinski definition) is 5. The molecule has 0 spiro atoms. The number of nitrogens with one attached hydrogen (secondary N) is 5. The molecule has 3 aliphatic rings. The largest absolute Gasteiger partial charge is 0.379 e. The standard InChI is InChI=1S/C42H50N10O7S3/c53-34(11-5-4-10-33-36-32(27-61-33)46-40(56)48-36)43-16-6-19-57-21-23-59-24-22-58-20-7-17-44-38(54)30-14-12-28(13-15-30)31-26-62-42(47-31)52-39(55)37(49-50-41-45-18-25-60-41)35(51-52)29-8-2-1-3-9-29/h1-3,8-9,12-15,18,25-26,32-33,36H,4-7,10-11,16-17,19-24,27H2,(H,43,53)(H,44,54)(H,45,50)(H2,46,48,56)/b49-37-/t32?,33-,36?/m0/s1. The lowest BCUT2D eigenvalue weighted by Crippen LogP contribution is -2.36. The zero-order valence-corrected chi connectivity index (χ0v) is 36.5. The highest BCUT2D eigenvalue weighted by atomic mass is 32.2. The van der Waals surface area contributed by atoms with Crippen molar-refractivity contribution in [3.8, 4) is 11.3 Å². The third-order valence-electron chi connectivity index (χ3n) is 10.0. The number of rotatable bonds is 25. The second kappa shape index (κ2) is 23.3. The van der Waals surface area contributed by atoms with Crippen LogP contribution in [0.25, 0.3) is 11.3 Å². The molecular weight excluding hydrogens is 853 g/mol. The Morgan fingerprint density at radius 2 is 1.58 bits per heavy atom. The Balaban J connectivity index is 0.701. The van der Waals surface area contributed by atoms with Crippen molar-refractivity contribution in [2.75, 3.05) is 68.9 Å². The summed E-state index contributed by atoms with van der Waals surface area (Å²) in [6, 6.07) is 16.9. The Morgan fingerprint density at radius 3 is 2.32 bits per heavy atom. The number of hydrogen-bond acceptors (Lipinski definition) is 15. The predicted molar refractivity (Wildman–Crippen MR) is 242 cm³/mol. The molecule has 328 valence electrons. The lowest BCUT2D eigenvalue weighted by atomic mass is 10.0. The molecule has 2 aromatic heterocycles. The Bertz CT molecular complexity index is 2150. The minimum Gasteiger partial charge on any atom is -0.379 e. The molecule has 0 saturated carbocycles. The maximum absolute atomic E-state index is 13.5. The van der Waals surface area contributed by atoms with E-state index in [4.69, 9.17) is 14.2 Å². The quantitative estimate of drug-likeness (QED) is 0.0344. The molecular formula is C42H50N10O7S3. The number of urea groups is 1. The summed E-state index contributed by atoms with van der Waals surface area (Å²) in [4.78, 5) is 58.8. The molecule has 2 saturated heterocycles. The van der Waals surface area contributed by atoms with Crippen LogP contribution in [0.2, 0.25) is 0 Å². The summed E-state index contributed by atoms with van der Waals surface area (Å²) in [5.41, 5.74) is 6.14. The molecule has 2 unspecified atom stereocenters. The molecule has 0 aliphatic carbocycles. The number of benzene rings is 2. The summed E-state index contributed by atoms with van der Waals surface area (Å²) in [5, 5.41) is 27.1. The van der Waals surface area contributed by atoms with Crippen molar-refractivity contribution < 1.29 is 33.4 Å². The van der Waals surface area contributed by atoms with Crippen LogP contribution in [0.4, 0.5) is 15.1 Å². The van der Waals surface area contributed by atoms with E-state index in [0.29, 0.717) is 98.1 Å². The molecule has 7 rings (SSSR count). The number of nitrogens with zero attached hydrogens (tertiary/aromatic N) is 5. The molecule has 2 fully saturated rings. The van der Waals surface area contributed by atoms with Gasteiger partial charge in [-0.15, -0.1) is 22.7 Å². The summed E-state index contributed by atoms with van der Waals surface area (Å²) >= 11 is 4.55. The first-order valence-electron chi connectivity index (χ1n) is 20.7. The SMILES string of the molecule is O=C(CCCC[C@@H]1SCC2NC(=O)NC21)NCCCOCCOCCOCCCNC(=O)c1ccc(-c2csc(N3N=C(c4ccccc4)/C(=N/Nc4nccs4)C3=O)n2)cc1. The van der Waals surface area contributed by atoms with E-state index in [-0.39, 0.29) is 35.6 Å². The van der Waals surface area contributed by atoms with Crippen molar-refractivity contribution in [1.29, 1.82) is 0 Å². The molecule has 5 heterocycles. The Labute approximate surface area is 371 Å². The molecule has 62 heavy (non-hydrogen) atoms. The van der Waals surface area contributed by atoms with E-state index >= 15 is 0 Å². The van der Waals surface area contributed by atoms with Crippen molar-refractivity contribution in [2.45, 2.75) is 55.9 Å². The normalized spacial score (nSPS) is 18.7. The van der Waals surface area contributed by atoms with Crippen LogP contribution in [-0.2, 0) is 23.8 Å². The van der Waals surface area contributed by atoms with Crippen molar-refractivity contribution in [1.82, 2.24) is 31.2 Å². The van der Waals surface area contributed by atoms with Gasteiger partial charge in [-0.25, -0.2) is 14.8 Å². The molecule has 20 heteroatoms. The number of aromatic nitrogens is 2. The highest BCUT2D eigenvalue weighted by Gasteiger charge is 2.42. The fraction of sp³-hybridized carbons (Fsp3) is 0.429. The van der Waals surface area contributed by atoms with E-state index < -0.39 is 5.91 Å². The number of anilines is 2. The monoisotopic (exact) mass is 902 g/mol. The van der Waals surface area contributed by atoms with Gasteiger partial charge in [0.05, 0.1) is 44.2 Å². The fourth-order valence-electron chi connectivity index (χ4n) is 6.87. The molecule has 3 atom stereocenters. The number of hydrazone groups is 2. The van der Waals surface area contributed by atoms with Gasteiger partial charge >= 0.3 is 11.9 Å². The Hall–Kier alpha value is -5.25. The van der Waals surface area contributed by atoms with Crippen LogP contribution in [-0.4, -0.2) is 121 Å². The first-order chi connectivity index (χ1) is 30.4. The first kappa shape index (κ1) is 44.8. The van der Waals surface area contributed by atoms with E-state index in [1.807, 2.05) is 65.0 Å². The van der Waals surface area contributed by atoms with Gasteiger partial charge in [-0.2, -0.15) is 27.0 Å². The summed E-state index contributed by atoms with van der Waals surface area (Å²) in [5.74, 6) is 0.417. The number of amides is 5. The van der Waals surface area contributed by atoms with Gasteiger partial charge in [0.15, 0.2) is 5.71 Å². The van der Waals surface area contributed by atoms with Crippen LogP contribution in [0.1, 0.15) is 54.4 Å². The second-order valence-corrected chi connectivity index (χ2v) is 17.5. The zero-order chi connectivity index (χ0) is 42.9. The number of carbonyl (C=O) groups is 4. The second-order valence-electron chi connectivity index (χ2n) is 14.5. The van der Waals surface area contributed by atoms with Gasteiger partial charge in [0.1, 0.15) is 5.71 Å². The van der Waals surface area contributed by atoms with Gasteiger partial charge in [0.2, 0.25) is 16.2 Å². The van der Waals surface area contributed by atoms with Crippen molar-refractivity contribution >= 4 is 79.9 Å². The zero-order valence-electron chi connectivity index (χ0n) is 34.1. The van der Waals surface area contributed by atoms with Crippen LogP contribution in [0, 0.1) is 0 Å². The number of thiazole rings is 2. The molecule has 5 N–H and O–H groups in total. The minimum atomic E-state index is -0.412. The summed E-state index contributed by atoms with van der Waals surface area (Å²) in [7, 11) is 0. The average molecular weight is 903 g/mol. The van der Waals surface area contributed by atoms with E-state index in [1.54, 1.807) is 18.3 Å². The Kier molecular flexibility index (Phi) is 16.8. The van der Waals surface area contributed by atoms with Crippen LogP contribution in [0.3, 0.4) is 0 Å². The van der Waals surface area contributed by atoms with E-state index in [0.717, 1.165) is 42.6 Å². The number of fused-ring (bicyclic) bond motifs is 1. The molecule has 0 bridgehead atoms. The first-order valence-corrected chi connectivity index (χ1v) is 23.5. The summed E-state index contributed by atoms with van der Waals surface area (Å²) in [6.07, 6.45) is 6.38. The van der Waals surface area contributed by atoms with Gasteiger partial charge < -0.3 is 35.5 Å². The van der Waals surface area contributed by atoms with Crippen LogP contribution >= 0.6 is 34.4 Å². The van der Waals surface area contributed by atoms with Gasteiger partial charge in [0.25, 0.3) is 5.91 Å². The van der Waals surface area contributed by atoms with Gasteiger partial charge in [-0.1, -0.05) is 48.9 Å². The van der Waals surface area contributed by atoms with Crippen molar-refractivity contribution in [2.24, 2.45) is 10.2 Å². The van der Waals surface area contributed by atoms with Gasteiger partial charge in [-0.3, -0.25) is 19.8 Å². The predicted octanol–water partition coefficient (Wildman–Crippen LogP) is 4.89. The molecule has 2 aromatic carbocycles. The summed E-state index contributed by atoms with van der Waals surface area (Å²) in [6.45, 7) is 3.90. The minimum absolute atomic E-state index is 0.0638. The van der Waals surface area contributed by atoms with Crippen molar-refractivity contribution in [3.63, 3.8) is 0 Å². The summed E-state index contributed by atoms with van der Waals surface area (Å²) < 4.78 is 16.8. The van der Waals surface area contributed by atoms with Gasteiger partial charge in [-0.05, 0) is 37.8 Å². The topological polar surface area (TPSA) is 210 Å². The van der Waals surface area contributed by atoms with Gasteiger partial charge in [0, 0.05) is 77.4 Å². The Morgan fingerprint density at radius 1 is 0.839 bits per heavy atom. The van der Waals surface area contributed by atoms with Crippen molar-refractivity contribution in [3.05, 3.63) is 82.7 Å². The third-order valence-corrected chi connectivity index (χ3v) is 13.0. The van der Waals surface area contributed by atoms with E-state index in [2.05, 4.69) is 46.9 Å². The van der Waals surface area contributed by atoms with Crippen LogP contribution in [0.15, 0.2) is 81.8 Å². The molecule has 5 amide bonds. The fourth-order valence-corrected chi connectivity index (χ4v) is 9.66. The van der Waals surface area contributed by atoms with E-state index in [9.17, 15) is 19.2 Å². The number of carbonyl (C=O) groups excluding carboxylic acids is 4. The molecule has 0 radical (unpaired) electrons. The molecule has 3 aliphatic heterocycles. The maximum Gasteiger partial charge on any atom is 0.315 e. The highest BCUT2D eigenvalue weighted by molar-refractivity contribution is 8.00.